The summed E-state index contributed by atoms with van der Waals surface area (Å²) in [4.78, 5) is 34.7. The predicted molar refractivity (Wildman–Crippen MR) is 140 cm³/mol. The van der Waals surface area contributed by atoms with Gasteiger partial charge in [-0.1, -0.05) is 30.7 Å². The van der Waals surface area contributed by atoms with E-state index in [9.17, 15) is 9.59 Å². The first-order chi connectivity index (χ1) is 18.4. The minimum Gasteiger partial charge on any atom is -0.493 e. The fraction of sp³-hybridized carbons (Fsp3) is 0.280. The number of fused-ring (bicyclic) bond motifs is 2. The Morgan fingerprint density at radius 1 is 1.08 bits per heavy atom. The molecule has 0 atom stereocenters. The van der Waals surface area contributed by atoms with Crippen LogP contribution in [0.5, 0.6) is 5.75 Å². The van der Waals surface area contributed by atoms with Crippen molar-refractivity contribution >= 4 is 52.0 Å². The smallest absolute Gasteiger partial charge is 0.392 e. The molecule has 38 heavy (non-hydrogen) atoms. The van der Waals surface area contributed by atoms with Crippen molar-refractivity contribution in [2.45, 2.75) is 26.7 Å². The highest BCUT2D eigenvalue weighted by atomic mass is 35.5. The van der Waals surface area contributed by atoms with E-state index in [0.717, 1.165) is 12.0 Å². The lowest BCUT2D eigenvalue weighted by molar-refractivity contribution is -0.111. The second kappa shape index (κ2) is 12.3. The zero-order chi connectivity index (χ0) is 27.1. The molecule has 196 valence electrons. The Bertz CT molecular complexity index is 1490. The van der Waals surface area contributed by atoms with E-state index < -0.39 is 11.9 Å². The topological polar surface area (TPSA) is 161 Å². The molecule has 12 nitrogen and oxygen atoms in total. The van der Waals surface area contributed by atoms with Gasteiger partial charge in [-0.05, 0) is 49.3 Å². The molecule has 2 aliphatic rings. The number of para-hydroxylation sites is 1. The molecule has 0 spiro atoms. The Kier molecular flexibility index (Phi) is 8.66. The van der Waals surface area contributed by atoms with E-state index in [0.29, 0.717) is 53.7 Å². The van der Waals surface area contributed by atoms with Gasteiger partial charge in [-0.25, -0.2) is 14.8 Å². The molecule has 0 saturated carbocycles. The van der Waals surface area contributed by atoms with Gasteiger partial charge in [0.1, 0.15) is 11.3 Å². The van der Waals surface area contributed by atoms with Gasteiger partial charge in [0.2, 0.25) is 11.5 Å². The Morgan fingerprint density at radius 2 is 1.89 bits per heavy atom. The van der Waals surface area contributed by atoms with Crippen LogP contribution in [0.2, 0.25) is 5.02 Å². The molecule has 0 unspecified atom stereocenters. The third-order valence-corrected chi connectivity index (χ3v) is 5.55. The van der Waals surface area contributed by atoms with E-state index in [1.165, 1.54) is 0 Å². The fourth-order valence-electron chi connectivity index (χ4n) is 3.47. The number of aromatic nitrogens is 1. The third-order valence-electron chi connectivity index (χ3n) is 5.20. The molecule has 2 aliphatic heterocycles. The third kappa shape index (κ3) is 5.98. The zero-order valence-electron chi connectivity index (χ0n) is 20.5. The number of carboxylic acid groups (broad SMARTS) is 1. The summed E-state index contributed by atoms with van der Waals surface area (Å²) in [5, 5.41) is 20.1. The lowest BCUT2D eigenvalue weighted by Gasteiger charge is -2.12. The number of rotatable bonds is 9. The van der Waals surface area contributed by atoms with Crippen LogP contribution in [0.1, 0.15) is 42.1 Å². The molecule has 1 amide bonds. The van der Waals surface area contributed by atoms with Crippen molar-refractivity contribution in [2.75, 3.05) is 19.8 Å². The number of oxazole rings is 1. The van der Waals surface area contributed by atoms with Crippen LogP contribution < -0.4 is 4.74 Å². The molecule has 1 N–H and O–H groups in total. The number of carbonyl (C=O) groups excluding carboxylic acids is 1. The van der Waals surface area contributed by atoms with E-state index >= 15 is 0 Å². The summed E-state index contributed by atoms with van der Waals surface area (Å²) >= 11 is 6.09. The van der Waals surface area contributed by atoms with E-state index in [2.05, 4.69) is 30.4 Å². The maximum atomic E-state index is 11.8. The molecule has 0 fully saturated rings. The number of halogens is 1. The van der Waals surface area contributed by atoms with Gasteiger partial charge >= 0.3 is 17.8 Å². The molecule has 3 aromatic rings. The van der Waals surface area contributed by atoms with Crippen LogP contribution in [0.15, 0.2) is 66.2 Å². The quantitative estimate of drug-likeness (QED) is 0.385. The van der Waals surface area contributed by atoms with Gasteiger partial charge in [-0.15, -0.1) is 10.2 Å². The summed E-state index contributed by atoms with van der Waals surface area (Å²) < 4.78 is 16.0. The van der Waals surface area contributed by atoms with Crippen molar-refractivity contribution in [3.63, 3.8) is 0 Å². The van der Waals surface area contributed by atoms with Crippen LogP contribution in [0.25, 0.3) is 11.1 Å². The van der Waals surface area contributed by atoms with Gasteiger partial charge in [-0.2, -0.15) is 4.99 Å². The van der Waals surface area contributed by atoms with E-state index in [-0.39, 0.29) is 23.3 Å². The van der Waals surface area contributed by atoms with Crippen LogP contribution in [0, 0.1) is 0 Å². The SMILES string of the molecule is CCCOc1ccccc1C1=NC(=O)C2=NN=NC2=N1.CCOCCc1c(Cl)ccc2oc(C(=O)O)nc12. The number of nitrogens with zero attached hydrogens (tertiary/aromatic N) is 6. The average molecular weight is 539 g/mol. The number of ether oxygens (including phenoxy) is 2. The van der Waals surface area contributed by atoms with E-state index in [1.54, 1.807) is 18.2 Å². The Morgan fingerprint density at radius 3 is 2.66 bits per heavy atom. The molecule has 13 heteroatoms. The molecule has 2 aromatic carbocycles. The molecule has 0 saturated heterocycles. The molecule has 0 aliphatic carbocycles. The summed E-state index contributed by atoms with van der Waals surface area (Å²) in [5.74, 6) is -0.898. The molecule has 5 rings (SSSR count). The van der Waals surface area contributed by atoms with Crippen LogP contribution in [0.4, 0.5) is 0 Å². The molecule has 3 heterocycles. The van der Waals surface area contributed by atoms with Crippen LogP contribution >= 0.6 is 11.6 Å². The van der Waals surface area contributed by atoms with Gasteiger partial charge in [-0.3, -0.25) is 4.79 Å². The summed E-state index contributed by atoms with van der Waals surface area (Å²) in [6, 6.07) is 10.6. The number of carbonyl (C=O) groups is 2. The largest absolute Gasteiger partial charge is 0.493 e. The van der Waals surface area contributed by atoms with E-state index in [1.807, 2.05) is 32.0 Å². The van der Waals surface area contributed by atoms with Gasteiger partial charge in [0.15, 0.2) is 11.4 Å². The lowest BCUT2D eigenvalue weighted by Crippen LogP contribution is -2.26. The second-order valence-electron chi connectivity index (χ2n) is 7.80. The maximum Gasteiger partial charge on any atom is 0.392 e. The first-order valence-electron chi connectivity index (χ1n) is 11.7. The molecule has 0 radical (unpaired) electrons. The van der Waals surface area contributed by atoms with Crippen molar-refractivity contribution in [1.29, 1.82) is 0 Å². The van der Waals surface area contributed by atoms with Crippen molar-refractivity contribution < 1.29 is 28.6 Å². The predicted octanol–water partition coefficient (Wildman–Crippen LogP) is 4.74. The fourth-order valence-corrected chi connectivity index (χ4v) is 3.72. The van der Waals surface area contributed by atoms with Crippen molar-refractivity contribution in [3.8, 4) is 5.75 Å². The highest BCUT2D eigenvalue weighted by molar-refractivity contribution is 6.69. The number of carboxylic acids is 1. The van der Waals surface area contributed by atoms with Crippen LogP contribution in [-0.4, -0.2) is 59.2 Å². The highest BCUT2D eigenvalue weighted by Crippen LogP contribution is 2.27. The number of hydrogen-bond donors (Lipinski definition) is 1. The first-order valence-corrected chi connectivity index (χ1v) is 12.1. The zero-order valence-corrected chi connectivity index (χ0v) is 21.3. The van der Waals surface area contributed by atoms with Crippen molar-refractivity contribution in [1.82, 2.24) is 4.98 Å². The standard InChI is InChI=1S/C13H11N5O2.C12H12ClNO4/c1-2-7-20-9-6-4-3-5-8(9)11-14-12-10(13(19)15-11)16-18-17-12;1-2-17-6-5-7-8(13)3-4-9-10(7)14-11(18-9)12(15)16/h3-6H,2,7H2,1H3;3-4H,2,5-6H2,1H3,(H,15,16). The Balaban J connectivity index is 0.000000178. The Labute approximate surface area is 221 Å². The minimum absolute atomic E-state index is 0.0840. The second-order valence-corrected chi connectivity index (χ2v) is 8.21. The summed E-state index contributed by atoms with van der Waals surface area (Å²) in [7, 11) is 0. The number of amidine groups is 2. The monoisotopic (exact) mass is 538 g/mol. The summed E-state index contributed by atoms with van der Waals surface area (Å²) in [5.41, 5.74) is 2.39. The Hall–Kier alpha value is -4.29. The minimum atomic E-state index is -1.20. The van der Waals surface area contributed by atoms with E-state index in [4.69, 9.17) is 30.6 Å². The summed E-state index contributed by atoms with van der Waals surface area (Å²) in [6.07, 6.45) is 1.45. The van der Waals surface area contributed by atoms with Crippen molar-refractivity contribution in [2.24, 2.45) is 25.4 Å². The normalized spacial score (nSPS) is 13.9. The summed E-state index contributed by atoms with van der Waals surface area (Å²) in [6.45, 7) is 5.63. The van der Waals surface area contributed by atoms with Crippen molar-refractivity contribution in [3.05, 3.63) is 58.4 Å². The number of hydrogen-bond acceptors (Lipinski definition) is 10. The first kappa shape index (κ1) is 26.8. The number of amides is 1. The van der Waals surface area contributed by atoms with Gasteiger partial charge < -0.3 is 19.0 Å². The molecular weight excluding hydrogens is 516 g/mol. The van der Waals surface area contributed by atoms with Gasteiger partial charge in [0, 0.05) is 17.2 Å². The average Bonchev–Trinajstić information content (AvgIpc) is 3.57. The molecule has 0 bridgehead atoms. The number of aromatic carboxylic acids is 1. The molecule has 1 aromatic heterocycles. The van der Waals surface area contributed by atoms with Crippen LogP contribution in [0.3, 0.4) is 0 Å². The van der Waals surface area contributed by atoms with Gasteiger partial charge in [0.05, 0.1) is 18.8 Å². The highest BCUT2D eigenvalue weighted by Gasteiger charge is 2.28. The van der Waals surface area contributed by atoms with Crippen LogP contribution in [-0.2, 0) is 16.0 Å². The maximum absolute atomic E-state index is 11.8. The van der Waals surface area contributed by atoms with Gasteiger partial charge in [0.25, 0.3) is 0 Å². The number of benzene rings is 2. The lowest BCUT2D eigenvalue weighted by atomic mass is 10.1. The molecular formula is C25H23ClN6O6. The number of aliphatic imine (C=N–C) groups is 2.